The highest BCUT2D eigenvalue weighted by Crippen LogP contribution is 2.25. The van der Waals surface area contributed by atoms with Crippen molar-refractivity contribution in [1.29, 1.82) is 5.41 Å². The summed E-state index contributed by atoms with van der Waals surface area (Å²) in [6, 6.07) is 5.57. The Hall–Kier alpha value is -0.180. The molecule has 1 rings (SSSR count). The highest BCUT2D eigenvalue weighted by molar-refractivity contribution is 8.13. The van der Waals surface area contributed by atoms with Crippen LogP contribution < -0.4 is 0 Å². The third kappa shape index (κ3) is 3.52. The summed E-state index contributed by atoms with van der Waals surface area (Å²) in [5.74, 6) is 0.781. The molecule has 76 valence electrons. The number of halogens is 2. The van der Waals surface area contributed by atoms with Crippen LogP contribution in [-0.4, -0.2) is 5.04 Å². The van der Waals surface area contributed by atoms with E-state index in [9.17, 15) is 0 Å². The average Bonchev–Trinajstić information content (AvgIpc) is 2.19. The summed E-state index contributed by atoms with van der Waals surface area (Å²) in [4.78, 5) is 0. The van der Waals surface area contributed by atoms with Crippen molar-refractivity contribution in [2.24, 2.45) is 0 Å². The number of hydrogen-bond donors (Lipinski definition) is 1. The molecule has 14 heavy (non-hydrogen) atoms. The maximum atomic E-state index is 7.49. The quantitative estimate of drug-likeness (QED) is 0.612. The van der Waals surface area contributed by atoms with Crippen molar-refractivity contribution in [2.75, 3.05) is 0 Å². The molecule has 1 aromatic rings. The Morgan fingerprint density at radius 1 is 1.36 bits per heavy atom. The van der Waals surface area contributed by atoms with Crippen molar-refractivity contribution < 1.29 is 0 Å². The summed E-state index contributed by atoms with van der Waals surface area (Å²) in [6.07, 6.45) is 0.784. The monoisotopic (exact) mass is 247 g/mol. The third-order valence-electron chi connectivity index (χ3n) is 1.72. The lowest BCUT2D eigenvalue weighted by molar-refractivity contribution is 1.28. The topological polar surface area (TPSA) is 23.9 Å². The third-order valence-corrected chi connectivity index (χ3v) is 3.57. The molecule has 0 radical (unpaired) electrons. The van der Waals surface area contributed by atoms with Gasteiger partial charge in [-0.1, -0.05) is 36.2 Å². The van der Waals surface area contributed by atoms with Crippen molar-refractivity contribution >= 4 is 40.0 Å². The van der Waals surface area contributed by atoms with Crippen molar-refractivity contribution in [3.63, 3.8) is 0 Å². The summed E-state index contributed by atoms with van der Waals surface area (Å²) in [7, 11) is 0. The fourth-order valence-electron chi connectivity index (χ4n) is 0.902. The maximum absolute atomic E-state index is 7.49. The van der Waals surface area contributed by atoms with Crippen molar-refractivity contribution in [3.8, 4) is 0 Å². The highest BCUT2D eigenvalue weighted by atomic mass is 35.5. The first-order valence-electron chi connectivity index (χ1n) is 4.27. The van der Waals surface area contributed by atoms with Gasteiger partial charge in [-0.15, -0.1) is 11.8 Å². The van der Waals surface area contributed by atoms with Crippen LogP contribution in [0.2, 0.25) is 10.0 Å². The Bertz CT molecular complexity index is 339. The Morgan fingerprint density at radius 2 is 2.07 bits per heavy atom. The predicted molar refractivity (Wildman–Crippen MR) is 65.8 cm³/mol. The zero-order chi connectivity index (χ0) is 10.6. The molecule has 1 N–H and O–H groups in total. The van der Waals surface area contributed by atoms with Crippen LogP contribution >= 0.6 is 35.0 Å². The molecule has 0 aliphatic carbocycles. The van der Waals surface area contributed by atoms with E-state index in [2.05, 4.69) is 0 Å². The molecular weight excluding hydrogens is 237 g/mol. The second kappa shape index (κ2) is 5.64. The molecule has 0 unspecified atom stereocenters. The zero-order valence-corrected chi connectivity index (χ0v) is 10.1. The minimum Gasteiger partial charge on any atom is -0.298 e. The van der Waals surface area contributed by atoms with Gasteiger partial charge in [-0.05, 0) is 24.1 Å². The van der Waals surface area contributed by atoms with Crippen LogP contribution in [-0.2, 0) is 5.75 Å². The van der Waals surface area contributed by atoms with E-state index in [1.54, 1.807) is 6.07 Å². The molecule has 0 saturated carbocycles. The first-order chi connectivity index (χ1) is 6.63. The summed E-state index contributed by atoms with van der Waals surface area (Å²) in [5.41, 5.74) is 1.10. The zero-order valence-electron chi connectivity index (χ0n) is 7.81. The number of thioether (sulfide) groups is 1. The summed E-state index contributed by atoms with van der Waals surface area (Å²) >= 11 is 13.2. The molecule has 0 fully saturated rings. The van der Waals surface area contributed by atoms with E-state index in [4.69, 9.17) is 28.6 Å². The summed E-state index contributed by atoms with van der Waals surface area (Å²) in [6.45, 7) is 1.98. The van der Waals surface area contributed by atoms with E-state index in [1.807, 2.05) is 19.1 Å². The minimum atomic E-state index is 0.575. The molecule has 0 bridgehead atoms. The van der Waals surface area contributed by atoms with E-state index < -0.39 is 0 Å². The molecule has 4 heteroatoms. The fourth-order valence-corrected chi connectivity index (χ4v) is 1.95. The van der Waals surface area contributed by atoms with Gasteiger partial charge in [0.25, 0.3) is 0 Å². The van der Waals surface area contributed by atoms with Gasteiger partial charge in [0.2, 0.25) is 0 Å². The van der Waals surface area contributed by atoms with Gasteiger partial charge >= 0.3 is 0 Å². The molecule has 0 aromatic heterocycles. The van der Waals surface area contributed by atoms with Gasteiger partial charge in [0.15, 0.2) is 0 Å². The highest BCUT2D eigenvalue weighted by Gasteiger charge is 2.01. The Morgan fingerprint density at radius 3 is 2.64 bits per heavy atom. The van der Waals surface area contributed by atoms with Gasteiger partial charge in [0.05, 0.1) is 15.1 Å². The van der Waals surface area contributed by atoms with Crippen LogP contribution in [0.15, 0.2) is 18.2 Å². The number of hydrogen-bond acceptors (Lipinski definition) is 2. The average molecular weight is 248 g/mol. The van der Waals surface area contributed by atoms with Gasteiger partial charge < -0.3 is 0 Å². The van der Waals surface area contributed by atoms with Crippen LogP contribution in [0.4, 0.5) is 0 Å². The van der Waals surface area contributed by atoms with Gasteiger partial charge in [-0.25, -0.2) is 0 Å². The Kier molecular flexibility index (Phi) is 4.79. The van der Waals surface area contributed by atoms with Gasteiger partial charge in [0.1, 0.15) is 0 Å². The van der Waals surface area contributed by atoms with Gasteiger partial charge in [-0.2, -0.15) is 0 Å². The van der Waals surface area contributed by atoms with E-state index in [-0.39, 0.29) is 0 Å². The first kappa shape index (κ1) is 11.9. The Labute approximate surface area is 98.3 Å². The van der Waals surface area contributed by atoms with Gasteiger partial charge in [0, 0.05) is 5.75 Å². The van der Waals surface area contributed by atoms with Crippen molar-refractivity contribution in [2.45, 2.75) is 19.1 Å². The van der Waals surface area contributed by atoms with E-state index in [0.717, 1.165) is 17.7 Å². The molecular formula is C10H11Cl2NS. The molecule has 0 spiro atoms. The van der Waals surface area contributed by atoms with E-state index >= 15 is 0 Å². The molecule has 0 heterocycles. The summed E-state index contributed by atoms with van der Waals surface area (Å²) < 4.78 is 0. The molecule has 0 saturated heterocycles. The molecule has 0 aliphatic heterocycles. The van der Waals surface area contributed by atoms with Crippen molar-refractivity contribution in [3.05, 3.63) is 33.8 Å². The fraction of sp³-hybridized carbons (Fsp3) is 0.300. The lowest BCUT2D eigenvalue weighted by Crippen LogP contribution is -1.88. The standard InChI is InChI=1S/C10H11Cl2NS/c1-2-10(13)14-6-7-3-4-8(11)9(12)5-7/h3-5,13H,2,6H2,1H3. The van der Waals surface area contributed by atoms with Crippen LogP contribution in [0.1, 0.15) is 18.9 Å². The van der Waals surface area contributed by atoms with Gasteiger partial charge in [-0.3, -0.25) is 5.41 Å². The van der Waals surface area contributed by atoms with Crippen LogP contribution in [0.3, 0.4) is 0 Å². The molecule has 1 nitrogen and oxygen atoms in total. The van der Waals surface area contributed by atoms with E-state index in [0.29, 0.717) is 15.1 Å². The SMILES string of the molecule is CCC(=N)SCc1ccc(Cl)c(Cl)c1. The second-order valence-corrected chi connectivity index (χ2v) is 4.70. The largest absolute Gasteiger partial charge is 0.298 e. The predicted octanol–water partition coefficient (Wildman–Crippen LogP) is 4.61. The summed E-state index contributed by atoms with van der Waals surface area (Å²) in [5, 5.41) is 9.33. The van der Waals surface area contributed by atoms with Crippen LogP contribution in [0, 0.1) is 5.41 Å². The molecule has 0 aliphatic rings. The lowest BCUT2D eigenvalue weighted by atomic mass is 10.2. The lowest BCUT2D eigenvalue weighted by Gasteiger charge is -2.03. The molecule has 0 atom stereocenters. The maximum Gasteiger partial charge on any atom is 0.0641 e. The Balaban J connectivity index is 2.60. The smallest absolute Gasteiger partial charge is 0.0641 e. The van der Waals surface area contributed by atoms with Crippen LogP contribution in [0.25, 0.3) is 0 Å². The molecule has 0 amide bonds. The number of benzene rings is 1. The molecule has 1 aromatic carbocycles. The number of rotatable bonds is 3. The van der Waals surface area contributed by atoms with Crippen molar-refractivity contribution in [1.82, 2.24) is 0 Å². The van der Waals surface area contributed by atoms with Crippen LogP contribution in [0.5, 0.6) is 0 Å². The minimum absolute atomic E-state index is 0.575. The van der Waals surface area contributed by atoms with E-state index in [1.165, 1.54) is 11.8 Å². The second-order valence-electron chi connectivity index (χ2n) is 2.81. The first-order valence-corrected chi connectivity index (χ1v) is 6.01. The number of nitrogens with one attached hydrogen (secondary N) is 1. The normalized spacial score (nSPS) is 10.2.